The van der Waals surface area contributed by atoms with Crippen molar-refractivity contribution in [1.29, 1.82) is 5.26 Å². The van der Waals surface area contributed by atoms with Gasteiger partial charge in [-0.15, -0.1) is 0 Å². The predicted octanol–water partition coefficient (Wildman–Crippen LogP) is 2.94. The molecule has 3 aromatic rings. The highest BCUT2D eigenvalue weighted by Gasteiger charge is 2.09. The number of carbonyl (C=O) groups excluding carboxylic acids is 1. The van der Waals surface area contributed by atoms with E-state index in [1.807, 2.05) is 48.7 Å². The highest BCUT2D eigenvalue weighted by Crippen LogP contribution is 2.17. The van der Waals surface area contributed by atoms with Crippen molar-refractivity contribution in [2.75, 3.05) is 5.32 Å². The number of nitrogens with one attached hydrogen (secondary N) is 2. The number of rotatable bonds is 3. The highest BCUT2D eigenvalue weighted by molar-refractivity contribution is 6.03. The van der Waals surface area contributed by atoms with Crippen LogP contribution >= 0.6 is 0 Å². The van der Waals surface area contributed by atoms with Crippen LogP contribution in [0.5, 0.6) is 0 Å². The number of anilines is 1. The van der Waals surface area contributed by atoms with E-state index >= 15 is 0 Å². The number of aryl methyl sites for hydroxylation is 1. The van der Waals surface area contributed by atoms with Gasteiger partial charge < -0.3 is 14.9 Å². The summed E-state index contributed by atoms with van der Waals surface area (Å²) >= 11 is 0. The number of hydrogen-bond donors (Lipinski definition) is 2. The first-order valence-corrected chi connectivity index (χ1v) is 7.09. The van der Waals surface area contributed by atoms with Gasteiger partial charge in [0.25, 0.3) is 5.91 Å². The van der Waals surface area contributed by atoms with Crippen molar-refractivity contribution < 1.29 is 4.79 Å². The number of hydrogen-bond acceptors (Lipinski definition) is 3. The molecule has 2 aromatic heterocycles. The molecular weight excluding hydrogens is 290 g/mol. The van der Waals surface area contributed by atoms with E-state index < -0.39 is 0 Å². The Morgan fingerprint density at radius 3 is 2.61 bits per heavy atom. The van der Waals surface area contributed by atoms with Gasteiger partial charge in [-0.25, -0.2) is 4.98 Å². The maximum Gasteiger partial charge on any atom is 0.272 e. The number of nitrogens with zero attached hydrogens (tertiary/aromatic N) is 3. The fourth-order valence-electron chi connectivity index (χ4n) is 2.25. The Bertz CT molecular complexity index is 896. The fourth-order valence-corrected chi connectivity index (χ4v) is 2.25. The summed E-state index contributed by atoms with van der Waals surface area (Å²) in [4.78, 5) is 19.1. The summed E-state index contributed by atoms with van der Waals surface area (Å²) in [6.45, 7) is 3.97. The van der Waals surface area contributed by atoms with Crippen molar-refractivity contribution >= 4 is 11.6 Å². The monoisotopic (exact) mass is 305 g/mol. The largest absolute Gasteiger partial charge is 0.356 e. The Labute approximate surface area is 133 Å². The molecule has 0 atom stereocenters. The molecule has 6 nitrogen and oxygen atoms in total. The lowest BCUT2D eigenvalue weighted by Gasteiger charge is -2.08. The molecule has 2 heterocycles. The molecule has 0 aliphatic heterocycles. The van der Waals surface area contributed by atoms with Crippen LogP contribution in [0.1, 0.15) is 27.4 Å². The predicted molar refractivity (Wildman–Crippen MR) is 86.5 cm³/mol. The lowest BCUT2D eigenvalue weighted by Crippen LogP contribution is -2.12. The molecule has 0 radical (unpaired) electrons. The fraction of sp³-hybridized carbons (Fsp3) is 0.118. The second-order valence-corrected chi connectivity index (χ2v) is 5.20. The van der Waals surface area contributed by atoms with E-state index in [0.717, 1.165) is 17.1 Å². The molecule has 6 heteroatoms. The topological polar surface area (TPSA) is 86.5 Å². The van der Waals surface area contributed by atoms with Crippen LogP contribution in [0.25, 0.3) is 5.69 Å². The summed E-state index contributed by atoms with van der Waals surface area (Å²) in [5.41, 5.74) is 4.51. The number of imidazole rings is 1. The number of amides is 1. The maximum absolute atomic E-state index is 12.1. The molecule has 0 saturated heterocycles. The second-order valence-electron chi connectivity index (χ2n) is 5.20. The van der Waals surface area contributed by atoms with Crippen molar-refractivity contribution in [1.82, 2.24) is 14.5 Å². The Morgan fingerprint density at radius 2 is 2.04 bits per heavy atom. The summed E-state index contributed by atoms with van der Waals surface area (Å²) in [6.07, 6.45) is 3.28. The first kappa shape index (κ1) is 14.6. The van der Waals surface area contributed by atoms with Crippen molar-refractivity contribution in [3.05, 3.63) is 65.5 Å². The number of carbonyl (C=O) groups is 1. The average Bonchev–Trinajstić information content (AvgIpc) is 3.16. The summed E-state index contributed by atoms with van der Waals surface area (Å²) in [5.74, 6) is -0.283. The number of nitriles is 1. The molecule has 2 N–H and O–H groups in total. The zero-order valence-electron chi connectivity index (χ0n) is 12.8. The Hall–Kier alpha value is -3.33. The smallest absolute Gasteiger partial charge is 0.272 e. The number of H-pyrrole nitrogens is 1. The molecule has 0 aliphatic rings. The Morgan fingerprint density at radius 1 is 1.30 bits per heavy atom. The lowest BCUT2D eigenvalue weighted by molar-refractivity contribution is 0.102. The summed E-state index contributed by atoms with van der Waals surface area (Å²) < 4.78 is 1.99. The van der Waals surface area contributed by atoms with Crippen molar-refractivity contribution in [3.63, 3.8) is 0 Å². The molecule has 0 fully saturated rings. The van der Waals surface area contributed by atoms with Gasteiger partial charge in [-0.3, -0.25) is 4.79 Å². The molecule has 0 spiro atoms. The summed E-state index contributed by atoms with van der Waals surface area (Å²) in [7, 11) is 0. The number of aromatic nitrogens is 3. The number of aromatic amines is 1. The van der Waals surface area contributed by atoms with E-state index in [0.29, 0.717) is 16.9 Å². The van der Waals surface area contributed by atoms with E-state index in [2.05, 4.69) is 15.3 Å². The molecule has 0 bridgehead atoms. The van der Waals surface area contributed by atoms with Crippen molar-refractivity contribution in [2.45, 2.75) is 13.8 Å². The van der Waals surface area contributed by atoms with Crippen LogP contribution in [0.4, 0.5) is 5.69 Å². The third-order valence-corrected chi connectivity index (χ3v) is 3.71. The van der Waals surface area contributed by atoms with Gasteiger partial charge in [-0.2, -0.15) is 5.26 Å². The SMILES string of the molecule is Cc1ncn(-c2ccc(NC(=O)c3cc(C#N)c[nH]3)cc2)c1C. The molecule has 0 saturated carbocycles. The van der Waals surface area contributed by atoms with Crippen LogP contribution in [0, 0.1) is 25.2 Å². The quantitative estimate of drug-likeness (QED) is 0.780. The molecule has 23 heavy (non-hydrogen) atoms. The van der Waals surface area contributed by atoms with Gasteiger partial charge in [0.15, 0.2) is 0 Å². The third-order valence-electron chi connectivity index (χ3n) is 3.71. The third kappa shape index (κ3) is 2.85. The maximum atomic E-state index is 12.1. The minimum atomic E-state index is -0.283. The second kappa shape index (κ2) is 5.81. The van der Waals surface area contributed by atoms with Gasteiger partial charge in [0.1, 0.15) is 11.8 Å². The average molecular weight is 305 g/mol. The van der Waals surface area contributed by atoms with E-state index in [1.165, 1.54) is 12.3 Å². The van der Waals surface area contributed by atoms with E-state index in [1.54, 1.807) is 6.33 Å². The highest BCUT2D eigenvalue weighted by atomic mass is 16.1. The molecule has 1 amide bonds. The van der Waals surface area contributed by atoms with E-state index in [9.17, 15) is 4.79 Å². The minimum absolute atomic E-state index is 0.283. The van der Waals surface area contributed by atoms with Gasteiger partial charge in [0, 0.05) is 23.3 Å². The van der Waals surface area contributed by atoms with Crippen LogP contribution in [0.2, 0.25) is 0 Å². The molecule has 3 rings (SSSR count). The molecular formula is C17H15N5O. The van der Waals surface area contributed by atoms with Gasteiger partial charge in [-0.1, -0.05) is 0 Å². The van der Waals surface area contributed by atoms with Gasteiger partial charge >= 0.3 is 0 Å². The summed E-state index contributed by atoms with van der Waals surface area (Å²) in [5, 5.41) is 11.6. The molecule has 0 unspecified atom stereocenters. The first-order valence-electron chi connectivity index (χ1n) is 7.09. The van der Waals surface area contributed by atoms with E-state index in [4.69, 9.17) is 5.26 Å². The zero-order valence-corrected chi connectivity index (χ0v) is 12.8. The first-order chi connectivity index (χ1) is 11.1. The lowest BCUT2D eigenvalue weighted by atomic mass is 10.2. The van der Waals surface area contributed by atoms with Crippen LogP contribution in [-0.4, -0.2) is 20.4 Å². The van der Waals surface area contributed by atoms with Gasteiger partial charge in [0.05, 0.1) is 17.6 Å². The number of benzene rings is 1. The van der Waals surface area contributed by atoms with Crippen molar-refractivity contribution in [2.24, 2.45) is 0 Å². The molecule has 114 valence electrons. The van der Waals surface area contributed by atoms with Gasteiger partial charge in [-0.05, 0) is 44.2 Å². The zero-order chi connectivity index (χ0) is 16.4. The normalized spacial score (nSPS) is 10.3. The van der Waals surface area contributed by atoms with Crippen LogP contribution in [0.3, 0.4) is 0 Å². The Balaban J connectivity index is 1.76. The Kier molecular flexibility index (Phi) is 3.69. The summed E-state index contributed by atoms with van der Waals surface area (Å²) in [6, 6.07) is 11.0. The van der Waals surface area contributed by atoms with Crippen LogP contribution in [0.15, 0.2) is 42.9 Å². The van der Waals surface area contributed by atoms with Crippen LogP contribution < -0.4 is 5.32 Å². The van der Waals surface area contributed by atoms with Crippen molar-refractivity contribution in [3.8, 4) is 11.8 Å². The van der Waals surface area contributed by atoms with E-state index in [-0.39, 0.29) is 5.91 Å². The standard InChI is InChI=1S/C17H15N5O/c1-11-12(2)22(10-20-11)15-5-3-14(4-6-15)21-17(23)16-7-13(8-18)9-19-16/h3-7,9-10,19H,1-2H3,(H,21,23). The molecule has 0 aliphatic carbocycles. The molecule has 1 aromatic carbocycles. The minimum Gasteiger partial charge on any atom is -0.356 e. The van der Waals surface area contributed by atoms with Crippen LogP contribution in [-0.2, 0) is 0 Å². The van der Waals surface area contributed by atoms with Gasteiger partial charge in [0.2, 0.25) is 0 Å².